The van der Waals surface area contributed by atoms with Crippen LogP contribution < -0.4 is 10.2 Å². The van der Waals surface area contributed by atoms with Crippen LogP contribution in [0.15, 0.2) is 42.5 Å². The maximum absolute atomic E-state index is 12.9. The molecule has 0 aliphatic carbocycles. The van der Waals surface area contributed by atoms with E-state index in [9.17, 15) is 26.4 Å². The first-order valence-corrected chi connectivity index (χ1v) is 13.6. The topological polar surface area (TPSA) is 69.7 Å². The molecule has 0 spiro atoms. The van der Waals surface area contributed by atoms with Gasteiger partial charge in [0.1, 0.15) is 6.04 Å². The molecule has 0 aromatic heterocycles. The molecule has 3 rings (SSSR count). The van der Waals surface area contributed by atoms with Crippen molar-refractivity contribution >= 4 is 38.9 Å². The molecule has 0 radical (unpaired) electrons. The van der Waals surface area contributed by atoms with Gasteiger partial charge in [-0.3, -0.25) is 4.79 Å². The van der Waals surface area contributed by atoms with Crippen LogP contribution in [-0.2, 0) is 27.5 Å². The molecule has 0 bridgehead atoms. The zero-order valence-electron chi connectivity index (χ0n) is 19.6. The molecule has 1 heterocycles. The Morgan fingerprint density at radius 3 is 2.43 bits per heavy atom. The zero-order chi connectivity index (χ0) is 25.8. The summed E-state index contributed by atoms with van der Waals surface area (Å²) in [6.45, 7) is 3.28. The molecule has 1 atom stereocenters. The highest BCUT2D eigenvalue weighted by molar-refractivity contribution is 7.88. The Kier molecular flexibility index (Phi) is 8.72. The predicted molar refractivity (Wildman–Crippen MR) is 132 cm³/mol. The molecule has 192 valence electrons. The minimum Gasteiger partial charge on any atom is -0.366 e. The van der Waals surface area contributed by atoms with Crippen LogP contribution in [0.3, 0.4) is 0 Å². The van der Waals surface area contributed by atoms with Crippen molar-refractivity contribution in [3.8, 4) is 0 Å². The summed E-state index contributed by atoms with van der Waals surface area (Å²) < 4.78 is 63.9. The average molecular weight is 532 g/mol. The second kappa shape index (κ2) is 11.2. The van der Waals surface area contributed by atoms with Crippen molar-refractivity contribution in [3.05, 3.63) is 58.6 Å². The van der Waals surface area contributed by atoms with Crippen molar-refractivity contribution in [2.75, 3.05) is 29.6 Å². The zero-order valence-corrected chi connectivity index (χ0v) is 21.2. The van der Waals surface area contributed by atoms with Crippen LogP contribution >= 0.6 is 11.6 Å². The van der Waals surface area contributed by atoms with E-state index in [0.717, 1.165) is 31.2 Å². The summed E-state index contributed by atoms with van der Waals surface area (Å²) in [7, 11) is -3.51. The molecule has 11 heteroatoms. The van der Waals surface area contributed by atoms with Crippen molar-refractivity contribution < 1.29 is 26.4 Å². The first-order valence-electron chi connectivity index (χ1n) is 11.4. The smallest absolute Gasteiger partial charge is 0.366 e. The molecule has 6 nitrogen and oxygen atoms in total. The lowest BCUT2D eigenvalue weighted by Crippen LogP contribution is -2.49. The Balaban J connectivity index is 1.75. The fourth-order valence-electron chi connectivity index (χ4n) is 4.20. The van der Waals surface area contributed by atoms with E-state index in [-0.39, 0.29) is 0 Å². The first-order chi connectivity index (χ1) is 16.4. The Morgan fingerprint density at radius 2 is 1.86 bits per heavy atom. The monoisotopic (exact) mass is 531 g/mol. The predicted octanol–water partition coefficient (Wildman–Crippen LogP) is 5.53. The van der Waals surface area contributed by atoms with E-state index in [0.29, 0.717) is 54.4 Å². The standard InChI is InChI=1S/C24H29ClF3N3O3S/c1-3-13-30(16-17-7-9-18(10-8-17)24(26,27)28)21-12-11-19(15-20(21)25)29-23(32)22-6-4-5-14-31(22)35(2,33)34/h7-12,15,22H,3-6,13-14,16H2,1-2H3,(H,29,32)/t22-/m1/s1. The fourth-order valence-corrected chi connectivity index (χ4v) is 5.63. The third-order valence-corrected chi connectivity index (χ3v) is 7.48. The molecule has 2 aromatic carbocycles. The first kappa shape index (κ1) is 27.3. The molecule has 1 aliphatic rings. The summed E-state index contributed by atoms with van der Waals surface area (Å²) in [6.07, 6.45) is -0.575. The summed E-state index contributed by atoms with van der Waals surface area (Å²) in [4.78, 5) is 14.8. The molecule has 1 N–H and O–H groups in total. The van der Waals surface area contributed by atoms with E-state index in [1.54, 1.807) is 18.2 Å². The van der Waals surface area contributed by atoms with Crippen molar-refractivity contribution in [1.29, 1.82) is 0 Å². The molecule has 0 unspecified atom stereocenters. The van der Waals surface area contributed by atoms with E-state index < -0.39 is 33.7 Å². The normalized spacial score (nSPS) is 17.3. The second-order valence-electron chi connectivity index (χ2n) is 8.66. The van der Waals surface area contributed by atoms with Gasteiger partial charge in [0.2, 0.25) is 15.9 Å². The largest absolute Gasteiger partial charge is 0.416 e. The molecular weight excluding hydrogens is 503 g/mol. The molecule has 1 amide bonds. The van der Waals surface area contributed by atoms with Crippen LogP contribution in [0.25, 0.3) is 0 Å². The Morgan fingerprint density at radius 1 is 1.17 bits per heavy atom. The number of nitrogens with zero attached hydrogens (tertiary/aromatic N) is 2. The second-order valence-corrected chi connectivity index (χ2v) is 11.0. The van der Waals surface area contributed by atoms with Crippen LogP contribution in [0, 0.1) is 0 Å². The summed E-state index contributed by atoms with van der Waals surface area (Å²) in [6, 6.07) is 9.27. The fraction of sp³-hybridized carbons (Fsp3) is 0.458. The highest BCUT2D eigenvalue weighted by atomic mass is 35.5. The maximum atomic E-state index is 12.9. The van der Waals surface area contributed by atoms with Crippen LogP contribution in [0.5, 0.6) is 0 Å². The van der Waals surface area contributed by atoms with Gasteiger partial charge < -0.3 is 10.2 Å². The van der Waals surface area contributed by atoms with Crippen LogP contribution in [-0.4, -0.2) is 44.0 Å². The molecule has 35 heavy (non-hydrogen) atoms. The van der Waals surface area contributed by atoms with E-state index in [1.807, 2.05) is 11.8 Å². The number of alkyl halides is 3. The number of hydrogen-bond acceptors (Lipinski definition) is 4. The lowest BCUT2D eigenvalue weighted by molar-refractivity contribution is -0.137. The van der Waals surface area contributed by atoms with Gasteiger partial charge in [-0.05, 0) is 55.2 Å². The lowest BCUT2D eigenvalue weighted by Gasteiger charge is -2.32. The minimum atomic E-state index is -4.39. The number of benzene rings is 2. The number of piperidine rings is 1. The number of nitrogens with one attached hydrogen (secondary N) is 1. The third-order valence-electron chi connectivity index (χ3n) is 5.89. The van der Waals surface area contributed by atoms with E-state index in [1.165, 1.54) is 16.4 Å². The molecular formula is C24H29ClF3N3O3S. The molecule has 1 saturated heterocycles. The summed E-state index contributed by atoms with van der Waals surface area (Å²) in [5, 5.41) is 3.14. The number of sulfonamides is 1. The number of halogens is 4. The van der Waals surface area contributed by atoms with Gasteiger partial charge in [0.05, 0.1) is 22.5 Å². The van der Waals surface area contributed by atoms with Crippen molar-refractivity contribution in [3.63, 3.8) is 0 Å². The van der Waals surface area contributed by atoms with E-state index >= 15 is 0 Å². The summed E-state index contributed by atoms with van der Waals surface area (Å²) in [5.74, 6) is -0.408. The van der Waals surface area contributed by atoms with Crippen LogP contribution in [0.2, 0.25) is 5.02 Å². The molecule has 2 aromatic rings. The highest BCUT2D eigenvalue weighted by Crippen LogP contribution is 2.32. The van der Waals surface area contributed by atoms with Crippen molar-refractivity contribution in [2.24, 2.45) is 0 Å². The van der Waals surface area contributed by atoms with Crippen LogP contribution in [0.1, 0.15) is 43.7 Å². The molecule has 0 saturated carbocycles. The van der Waals surface area contributed by atoms with Gasteiger partial charge >= 0.3 is 6.18 Å². The van der Waals surface area contributed by atoms with E-state index in [2.05, 4.69) is 5.32 Å². The average Bonchev–Trinajstić information content (AvgIpc) is 2.78. The van der Waals surface area contributed by atoms with Crippen molar-refractivity contribution in [2.45, 2.75) is 51.4 Å². The number of rotatable bonds is 8. The minimum absolute atomic E-state index is 0.312. The SMILES string of the molecule is CCCN(Cc1ccc(C(F)(F)F)cc1)c1ccc(NC(=O)[C@H]2CCCCN2S(C)(=O)=O)cc1Cl. The van der Waals surface area contributed by atoms with Gasteiger partial charge in [0, 0.05) is 25.3 Å². The van der Waals surface area contributed by atoms with Gasteiger partial charge in [-0.1, -0.05) is 37.1 Å². The third kappa shape index (κ3) is 7.11. The van der Waals surface area contributed by atoms with Gasteiger partial charge in [0.25, 0.3) is 0 Å². The van der Waals surface area contributed by atoms with E-state index in [4.69, 9.17) is 11.6 Å². The quantitative estimate of drug-likeness (QED) is 0.486. The van der Waals surface area contributed by atoms with Gasteiger partial charge in [-0.2, -0.15) is 17.5 Å². The van der Waals surface area contributed by atoms with Crippen molar-refractivity contribution in [1.82, 2.24) is 4.31 Å². The highest BCUT2D eigenvalue weighted by Gasteiger charge is 2.34. The summed E-state index contributed by atoms with van der Waals surface area (Å²) in [5.41, 5.74) is 1.13. The number of anilines is 2. The van der Waals surface area contributed by atoms with Gasteiger partial charge in [-0.15, -0.1) is 0 Å². The van der Waals surface area contributed by atoms with Crippen LogP contribution in [0.4, 0.5) is 24.5 Å². The molecule has 1 fully saturated rings. The Labute approximate surface area is 209 Å². The lowest BCUT2D eigenvalue weighted by atomic mass is 10.0. The summed E-state index contributed by atoms with van der Waals surface area (Å²) >= 11 is 6.53. The number of hydrogen-bond donors (Lipinski definition) is 1. The Bertz CT molecular complexity index is 1140. The maximum Gasteiger partial charge on any atom is 0.416 e. The number of carbonyl (C=O) groups excluding carboxylic acids is 1. The number of carbonyl (C=O) groups is 1. The molecule has 1 aliphatic heterocycles. The van der Waals surface area contributed by atoms with Gasteiger partial charge in [0.15, 0.2) is 0 Å². The Hall–Kier alpha value is -2.30. The number of amides is 1. The van der Waals surface area contributed by atoms with Gasteiger partial charge in [-0.25, -0.2) is 8.42 Å².